The average Bonchev–Trinajstić information content (AvgIpc) is 3.17. The van der Waals surface area contributed by atoms with E-state index in [0.29, 0.717) is 5.92 Å². The van der Waals surface area contributed by atoms with Crippen LogP contribution < -0.4 is 0 Å². The molecule has 5 aromatic rings. The van der Waals surface area contributed by atoms with E-state index in [1.807, 2.05) is 0 Å². The van der Waals surface area contributed by atoms with E-state index < -0.39 is 0 Å². The van der Waals surface area contributed by atoms with Gasteiger partial charge in [0.25, 0.3) is 0 Å². The van der Waals surface area contributed by atoms with Crippen molar-refractivity contribution in [3.8, 4) is 5.69 Å². The van der Waals surface area contributed by atoms with E-state index >= 15 is 0 Å². The Morgan fingerprint density at radius 2 is 1.48 bits per heavy atom. The molecule has 1 heterocycles. The minimum absolute atomic E-state index is 0.341. The van der Waals surface area contributed by atoms with Crippen LogP contribution in [-0.4, -0.2) is 9.55 Å². The molecule has 0 amide bonds. The normalized spacial score (nSPS) is 12.4. The maximum absolute atomic E-state index is 5.10. The van der Waals surface area contributed by atoms with E-state index in [2.05, 4.69) is 109 Å². The summed E-state index contributed by atoms with van der Waals surface area (Å²) in [5.74, 6) is 1.49. The first-order chi connectivity index (χ1) is 14.3. The van der Waals surface area contributed by atoms with Crippen LogP contribution in [-0.2, 0) is 6.42 Å². The molecule has 0 bridgehead atoms. The van der Waals surface area contributed by atoms with Crippen LogP contribution in [0.1, 0.15) is 30.7 Å². The van der Waals surface area contributed by atoms with Crippen LogP contribution in [0, 0.1) is 0 Å². The molecule has 0 aliphatic carbocycles. The fourth-order valence-electron chi connectivity index (χ4n) is 4.32. The number of aromatic nitrogens is 2. The van der Waals surface area contributed by atoms with Crippen LogP contribution in [0.5, 0.6) is 0 Å². The van der Waals surface area contributed by atoms with Crippen LogP contribution >= 0.6 is 0 Å². The number of hydrogen-bond donors (Lipinski definition) is 0. The molecule has 0 aliphatic rings. The van der Waals surface area contributed by atoms with Gasteiger partial charge in [0.05, 0.1) is 11.0 Å². The zero-order chi connectivity index (χ0) is 19.6. The third-order valence-electron chi connectivity index (χ3n) is 5.81. The number of rotatable bonds is 5. The molecule has 0 aliphatic heterocycles. The second-order valence-corrected chi connectivity index (χ2v) is 7.58. The van der Waals surface area contributed by atoms with Crippen molar-refractivity contribution >= 4 is 21.8 Å². The summed E-state index contributed by atoms with van der Waals surface area (Å²) in [6.45, 7) is 2.27. The van der Waals surface area contributed by atoms with Gasteiger partial charge in [0.1, 0.15) is 5.82 Å². The van der Waals surface area contributed by atoms with Crippen LogP contribution in [0.2, 0.25) is 0 Å². The lowest BCUT2D eigenvalue weighted by Gasteiger charge is -2.18. The van der Waals surface area contributed by atoms with Gasteiger partial charge in [0, 0.05) is 11.6 Å². The van der Waals surface area contributed by atoms with Crippen molar-refractivity contribution < 1.29 is 0 Å². The molecule has 0 saturated heterocycles. The lowest BCUT2D eigenvalue weighted by molar-refractivity contribution is 0.613. The van der Waals surface area contributed by atoms with Crippen molar-refractivity contribution in [3.63, 3.8) is 0 Å². The highest BCUT2D eigenvalue weighted by molar-refractivity contribution is 5.85. The van der Waals surface area contributed by atoms with Crippen molar-refractivity contribution in [3.05, 3.63) is 108 Å². The predicted octanol–water partition coefficient (Wildman–Crippen LogP) is 6.92. The Labute approximate surface area is 171 Å². The number of nitrogens with zero attached hydrogens (tertiary/aromatic N) is 2. The minimum atomic E-state index is 0.341. The topological polar surface area (TPSA) is 17.8 Å². The second-order valence-electron chi connectivity index (χ2n) is 7.58. The van der Waals surface area contributed by atoms with E-state index in [-0.39, 0.29) is 0 Å². The van der Waals surface area contributed by atoms with E-state index in [9.17, 15) is 0 Å². The first-order valence-corrected chi connectivity index (χ1v) is 10.3. The Kier molecular flexibility index (Phi) is 4.61. The summed E-state index contributed by atoms with van der Waals surface area (Å²) in [4.78, 5) is 5.10. The van der Waals surface area contributed by atoms with Crippen LogP contribution in [0.15, 0.2) is 97.1 Å². The van der Waals surface area contributed by atoms with Gasteiger partial charge in [0.15, 0.2) is 0 Å². The largest absolute Gasteiger partial charge is 0.296 e. The monoisotopic (exact) mass is 376 g/mol. The highest BCUT2D eigenvalue weighted by Crippen LogP contribution is 2.32. The van der Waals surface area contributed by atoms with Crippen LogP contribution in [0.3, 0.4) is 0 Å². The van der Waals surface area contributed by atoms with E-state index in [1.165, 1.54) is 27.5 Å². The zero-order valence-electron chi connectivity index (χ0n) is 16.6. The van der Waals surface area contributed by atoms with Crippen molar-refractivity contribution in [2.75, 3.05) is 0 Å². The summed E-state index contributed by atoms with van der Waals surface area (Å²) >= 11 is 0. The molecular formula is C27H24N2. The van der Waals surface area contributed by atoms with Gasteiger partial charge >= 0.3 is 0 Å². The summed E-state index contributed by atoms with van der Waals surface area (Å²) in [5, 5.41) is 2.65. The maximum Gasteiger partial charge on any atom is 0.117 e. The van der Waals surface area contributed by atoms with Gasteiger partial charge in [-0.3, -0.25) is 4.57 Å². The molecule has 4 aromatic carbocycles. The summed E-state index contributed by atoms with van der Waals surface area (Å²) in [6, 6.07) is 34.3. The molecule has 142 valence electrons. The molecular weight excluding hydrogens is 352 g/mol. The number of benzene rings is 4. The van der Waals surface area contributed by atoms with Gasteiger partial charge < -0.3 is 0 Å². The van der Waals surface area contributed by atoms with Crippen molar-refractivity contribution in [2.24, 2.45) is 0 Å². The Hall–Kier alpha value is -3.39. The predicted molar refractivity (Wildman–Crippen MR) is 122 cm³/mol. The Balaban J connectivity index is 1.65. The van der Waals surface area contributed by atoms with Crippen LogP contribution in [0.25, 0.3) is 27.5 Å². The summed E-state index contributed by atoms with van der Waals surface area (Å²) < 4.78 is 2.34. The van der Waals surface area contributed by atoms with Gasteiger partial charge in [-0.25, -0.2) is 4.98 Å². The molecule has 5 rings (SSSR count). The number of hydrogen-bond acceptors (Lipinski definition) is 1. The van der Waals surface area contributed by atoms with Crippen LogP contribution in [0.4, 0.5) is 0 Å². The molecule has 1 unspecified atom stereocenters. The first-order valence-electron chi connectivity index (χ1n) is 10.3. The Morgan fingerprint density at radius 1 is 0.759 bits per heavy atom. The van der Waals surface area contributed by atoms with Gasteiger partial charge in [0.2, 0.25) is 0 Å². The van der Waals surface area contributed by atoms with E-state index in [4.69, 9.17) is 4.98 Å². The summed E-state index contributed by atoms with van der Waals surface area (Å²) in [5.41, 5.74) is 4.79. The minimum Gasteiger partial charge on any atom is -0.296 e. The fraction of sp³-hybridized carbons (Fsp3) is 0.148. The Bertz CT molecular complexity index is 1260. The molecule has 2 nitrogen and oxygen atoms in total. The van der Waals surface area contributed by atoms with Crippen molar-refractivity contribution in [1.82, 2.24) is 9.55 Å². The zero-order valence-corrected chi connectivity index (χ0v) is 16.6. The Morgan fingerprint density at radius 3 is 2.34 bits per heavy atom. The molecule has 1 atom stereocenters. The number of para-hydroxylation sites is 3. The number of fused-ring (bicyclic) bond motifs is 2. The first kappa shape index (κ1) is 17.7. The van der Waals surface area contributed by atoms with Crippen molar-refractivity contribution in [2.45, 2.75) is 25.7 Å². The average molecular weight is 377 g/mol. The molecule has 2 heteroatoms. The highest BCUT2D eigenvalue weighted by atomic mass is 15.1. The lowest BCUT2D eigenvalue weighted by atomic mass is 9.92. The van der Waals surface area contributed by atoms with Gasteiger partial charge in [-0.05, 0) is 53.4 Å². The molecule has 0 N–H and O–H groups in total. The maximum atomic E-state index is 5.10. The molecule has 0 fully saturated rings. The molecule has 0 saturated carbocycles. The van der Waals surface area contributed by atoms with Gasteiger partial charge in [-0.15, -0.1) is 0 Å². The number of imidazole rings is 1. The smallest absolute Gasteiger partial charge is 0.117 e. The second kappa shape index (κ2) is 7.56. The highest BCUT2D eigenvalue weighted by Gasteiger charge is 2.21. The third-order valence-corrected chi connectivity index (χ3v) is 5.81. The van der Waals surface area contributed by atoms with Gasteiger partial charge in [-0.1, -0.05) is 79.7 Å². The van der Waals surface area contributed by atoms with Crippen molar-refractivity contribution in [1.29, 1.82) is 0 Å². The summed E-state index contributed by atoms with van der Waals surface area (Å²) in [7, 11) is 0. The van der Waals surface area contributed by atoms with E-state index in [0.717, 1.165) is 24.2 Å². The lowest BCUT2D eigenvalue weighted by Crippen LogP contribution is -2.10. The SMILES string of the molecule is CCC(Cc1cccc2ccccc12)c1nc2ccccc2n1-c1ccccc1. The standard InChI is InChI=1S/C27H24N2/c1-2-20(19-22-13-10-12-21-11-6-7-16-24(21)22)27-28-25-17-8-9-18-26(25)29(27)23-14-4-3-5-15-23/h3-18,20H,2,19H2,1H3. The quantitative estimate of drug-likeness (QED) is 0.326. The molecule has 29 heavy (non-hydrogen) atoms. The molecule has 1 aromatic heterocycles. The van der Waals surface area contributed by atoms with E-state index in [1.54, 1.807) is 0 Å². The summed E-state index contributed by atoms with van der Waals surface area (Å²) in [6.07, 6.45) is 2.02. The molecule has 0 spiro atoms. The fourth-order valence-corrected chi connectivity index (χ4v) is 4.32. The molecule has 0 radical (unpaired) electrons. The third kappa shape index (κ3) is 3.21. The van der Waals surface area contributed by atoms with Gasteiger partial charge in [-0.2, -0.15) is 0 Å².